The molecule has 0 saturated heterocycles. The molecule has 0 spiro atoms. The molecule has 0 unspecified atom stereocenters. The summed E-state index contributed by atoms with van der Waals surface area (Å²) in [6.45, 7) is 2.33. The fourth-order valence-corrected chi connectivity index (χ4v) is 2.37. The number of para-hydroxylation sites is 2. The number of benzene rings is 1. The molecule has 0 aliphatic rings. The van der Waals surface area contributed by atoms with Crippen LogP contribution in [0.15, 0.2) is 49.5 Å². The van der Waals surface area contributed by atoms with Gasteiger partial charge in [0.05, 0.1) is 16.8 Å². The maximum absolute atomic E-state index is 12.3. The van der Waals surface area contributed by atoms with Gasteiger partial charge in [0.25, 0.3) is 5.91 Å². The van der Waals surface area contributed by atoms with E-state index in [0.717, 1.165) is 0 Å². The Morgan fingerprint density at radius 1 is 1.43 bits per heavy atom. The van der Waals surface area contributed by atoms with Crippen molar-refractivity contribution >= 4 is 49.5 Å². The van der Waals surface area contributed by atoms with E-state index >= 15 is 0 Å². The standard InChI is InChI=1S/C16H12Br2N2O3/c1-2-22-14-6-4-3-5-13(14)20-16(21)10(9-19)7-11-8-12(17)15(18)23-11/h3-8H,2H2,1H3,(H,20,21). The minimum Gasteiger partial charge on any atom is -0.492 e. The van der Waals surface area contributed by atoms with E-state index in [4.69, 9.17) is 9.15 Å². The van der Waals surface area contributed by atoms with Gasteiger partial charge in [-0.2, -0.15) is 5.26 Å². The fraction of sp³-hybridized carbons (Fsp3) is 0.125. The number of ether oxygens (including phenoxy) is 1. The first-order valence-electron chi connectivity index (χ1n) is 6.65. The lowest BCUT2D eigenvalue weighted by molar-refractivity contribution is -0.112. The predicted octanol–water partition coefficient (Wildman–Crippen LogP) is 4.75. The van der Waals surface area contributed by atoms with Crippen molar-refractivity contribution in [2.45, 2.75) is 6.92 Å². The molecule has 1 heterocycles. The van der Waals surface area contributed by atoms with Crippen molar-refractivity contribution in [1.29, 1.82) is 5.26 Å². The van der Waals surface area contributed by atoms with Crippen LogP contribution in [-0.2, 0) is 4.79 Å². The Kier molecular flexibility index (Phi) is 6.02. The Morgan fingerprint density at radius 2 is 2.17 bits per heavy atom. The molecular formula is C16H12Br2N2O3. The van der Waals surface area contributed by atoms with Gasteiger partial charge in [-0.05, 0) is 57.0 Å². The number of hydrogen-bond acceptors (Lipinski definition) is 4. The summed E-state index contributed by atoms with van der Waals surface area (Å²) in [5, 5.41) is 11.9. The molecule has 0 atom stereocenters. The van der Waals surface area contributed by atoms with Gasteiger partial charge in [0, 0.05) is 6.08 Å². The number of rotatable bonds is 5. The molecule has 5 nitrogen and oxygen atoms in total. The van der Waals surface area contributed by atoms with Crippen molar-refractivity contribution in [3.05, 3.63) is 50.8 Å². The molecule has 118 valence electrons. The van der Waals surface area contributed by atoms with Crippen molar-refractivity contribution in [3.8, 4) is 11.8 Å². The molecule has 0 saturated carbocycles. The van der Waals surface area contributed by atoms with Gasteiger partial charge < -0.3 is 14.5 Å². The normalized spacial score (nSPS) is 11.0. The Bertz CT molecular complexity index is 771. The molecule has 0 fully saturated rings. The molecule has 1 aromatic heterocycles. The first-order chi connectivity index (χ1) is 11.0. The zero-order valence-corrected chi connectivity index (χ0v) is 15.3. The van der Waals surface area contributed by atoms with Crippen molar-refractivity contribution < 1.29 is 13.9 Å². The van der Waals surface area contributed by atoms with Crippen molar-refractivity contribution in [2.24, 2.45) is 0 Å². The number of halogens is 2. The molecule has 0 aliphatic carbocycles. The van der Waals surface area contributed by atoms with Gasteiger partial charge in [-0.25, -0.2) is 0 Å². The van der Waals surface area contributed by atoms with Crippen LogP contribution in [-0.4, -0.2) is 12.5 Å². The van der Waals surface area contributed by atoms with Crippen LogP contribution < -0.4 is 10.1 Å². The van der Waals surface area contributed by atoms with Crippen LogP contribution in [0.4, 0.5) is 5.69 Å². The van der Waals surface area contributed by atoms with Gasteiger partial charge in [0.15, 0.2) is 4.67 Å². The fourth-order valence-electron chi connectivity index (χ4n) is 1.77. The number of amides is 1. The van der Waals surface area contributed by atoms with E-state index in [0.29, 0.717) is 32.9 Å². The number of nitrogens with one attached hydrogen (secondary N) is 1. The average molecular weight is 440 g/mol. The zero-order chi connectivity index (χ0) is 16.8. The van der Waals surface area contributed by atoms with Crippen LogP contribution in [0, 0.1) is 11.3 Å². The van der Waals surface area contributed by atoms with Crippen LogP contribution in [0.5, 0.6) is 5.75 Å². The number of furan rings is 1. The van der Waals surface area contributed by atoms with Crippen LogP contribution in [0.25, 0.3) is 6.08 Å². The Morgan fingerprint density at radius 3 is 2.78 bits per heavy atom. The van der Waals surface area contributed by atoms with Crippen LogP contribution in [0.2, 0.25) is 0 Å². The lowest BCUT2D eigenvalue weighted by Gasteiger charge is -2.10. The second-order valence-electron chi connectivity index (χ2n) is 4.32. The smallest absolute Gasteiger partial charge is 0.266 e. The highest BCUT2D eigenvalue weighted by Crippen LogP contribution is 2.28. The second-order valence-corrected chi connectivity index (χ2v) is 5.90. The van der Waals surface area contributed by atoms with Gasteiger partial charge in [0.1, 0.15) is 23.2 Å². The summed E-state index contributed by atoms with van der Waals surface area (Å²) in [6, 6.07) is 10.6. The summed E-state index contributed by atoms with van der Waals surface area (Å²) in [6.07, 6.45) is 1.37. The maximum Gasteiger partial charge on any atom is 0.266 e. The summed E-state index contributed by atoms with van der Waals surface area (Å²) in [4.78, 5) is 12.3. The summed E-state index contributed by atoms with van der Waals surface area (Å²) in [7, 11) is 0. The van der Waals surface area contributed by atoms with E-state index in [1.807, 2.05) is 13.0 Å². The Labute approximate surface area is 150 Å². The van der Waals surface area contributed by atoms with Crippen LogP contribution >= 0.6 is 31.9 Å². The molecule has 1 amide bonds. The van der Waals surface area contributed by atoms with E-state index in [1.54, 1.807) is 30.3 Å². The number of hydrogen-bond donors (Lipinski definition) is 1. The summed E-state index contributed by atoms with van der Waals surface area (Å²) in [5.74, 6) is 0.390. The summed E-state index contributed by atoms with van der Waals surface area (Å²) >= 11 is 6.48. The van der Waals surface area contributed by atoms with Gasteiger partial charge in [-0.3, -0.25) is 4.79 Å². The average Bonchev–Trinajstić information content (AvgIpc) is 2.85. The van der Waals surface area contributed by atoms with E-state index in [1.165, 1.54) is 6.08 Å². The molecule has 0 aliphatic heterocycles. The van der Waals surface area contributed by atoms with E-state index in [9.17, 15) is 10.1 Å². The highest BCUT2D eigenvalue weighted by Gasteiger charge is 2.14. The van der Waals surface area contributed by atoms with Gasteiger partial charge in [0.2, 0.25) is 0 Å². The highest BCUT2D eigenvalue weighted by molar-refractivity contribution is 9.13. The number of nitriles is 1. The molecule has 2 aromatic rings. The first kappa shape index (κ1) is 17.3. The zero-order valence-electron chi connectivity index (χ0n) is 12.1. The molecule has 2 rings (SSSR count). The van der Waals surface area contributed by atoms with Crippen molar-refractivity contribution in [2.75, 3.05) is 11.9 Å². The second kappa shape index (κ2) is 7.99. The molecule has 0 radical (unpaired) electrons. The highest BCUT2D eigenvalue weighted by atomic mass is 79.9. The monoisotopic (exact) mass is 438 g/mol. The molecular weight excluding hydrogens is 428 g/mol. The number of anilines is 1. The van der Waals surface area contributed by atoms with Crippen LogP contribution in [0.1, 0.15) is 12.7 Å². The molecule has 7 heteroatoms. The Hall–Kier alpha value is -2.04. The van der Waals surface area contributed by atoms with E-state index in [-0.39, 0.29) is 5.57 Å². The van der Waals surface area contributed by atoms with Gasteiger partial charge >= 0.3 is 0 Å². The quantitative estimate of drug-likeness (QED) is 0.538. The molecule has 0 bridgehead atoms. The van der Waals surface area contributed by atoms with Crippen molar-refractivity contribution in [1.82, 2.24) is 0 Å². The SMILES string of the molecule is CCOc1ccccc1NC(=O)C(C#N)=Cc1cc(Br)c(Br)o1. The largest absolute Gasteiger partial charge is 0.492 e. The predicted molar refractivity (Wildman–Crippen MR) is 93.9 cm³/mol. The summed E-state index contributed by atoms with van der Waals surface area (Å²) in [5.41, 5.74) is 0.423. The summed E-state index contributed by atoms with van der Waals surface area (Å²) < 4.78 is 12.0. The number of carbonyl (C=O) groups excluding carboxylic acids is 1. The number of nitrogens with zero attached hydrogens (tertiary/aromatic N) is 1. The van der Waals surface area contributed by atoms with Gasteiger partial charge in [-0.1, -0.05) is 12.1 Å². The first-order valence-corrected chi connectivity index (χ1v) is 8.23. The molecule has 1 aromatic carbocycles. The third-order valence-electron chi connectivity index (χ3n) is 2.75. The van der Waals surface area contributed by atoms with E-state index in [2.05, 4.69) is 37.2 Å². The minimum absolute atomic E-state index is 0.0787. The topological polar surface area (TPSA) is 75.3 Å². The van der Waals surface area contributed by atoms with Crippen LogP contribution in [0.3, 0.4) is 0 Å². The maximum atomic E-state index is 12.3. The van der Waals surface area contributed by atoms with Crippen molar-refractivity contribution in [3.63, 3.8) is 0 Å². The number of carbonyl (C=O) groups is 1. The molecule has 1 N–H and O–H groups in total. The lowest BCUT2D eigenvalue weighted by atomic mass is 10.2. The molecule has 23 heavy (non-hydrogen) atoms. The Balaban J connectivity index is 2.23. The lowest BCUT2D eigenvalue weighted by Crippen LogP contribution is -2.14. The minimum atomic E-state index is -0.539. The van der Waals surface area contributed by atoms with Gasteiger partial charge in [-0.15, -0.1) is 0 Å². The third-order valence-corrected chi connectivity index (χ3v) is 4.46. The van der Waals surface area contributed by atoms with E-state index < -0.39 is 5.91 Å². The third kappa shape index (κ3) is 4.47.